The predicted molar refractivity (Wildman–Crippen MR) is 73.0 cm³/mol. The number of rotatable bonds is 3. The molecule has 0 aliphatic carbocycles. The van der Waals surface area contributed by atoms with E-state index < -0.39 is 0 Å². The fourth-order valence-electron chi connectivity index (χ4n) is 1.53. The van der Waals surface area contributed by atoms with Crippen molar-refractivity contribution in [1.82, 2.24) is 4.98 Å². The molecule has 0 aliphatic heterocycles. The third-order valence-corrected chi connectivity index (χ3v) is 2.65. The SMILES string of the molecule is N#CCc1ccc(NC(=O)c2cccc(Cl)n2)cc1. The molecule has 4 nitrogen and oxygen atoms in total. The summed E-state index contributed by atoms with van der Waals surface area (Å²) in [5, 5.41) is 11.6. The number of aromatic nitrogens is 1. The Balaban J connectivity index is 2.09. The number of nitrogens with zero attached hydrogens (tertiary/aromatic N) is 2. The van der Waals surface area contributed by atoms with Crippen molar-refractivity contribution in [2.75, 3.05) is 5.32 Å². The maximum Gasteiger partial charge on any atom is 0.274 e. The molecule has 0 atom stereocenters. The molecular formula is C14H10ClN3O. The zero-order valence-corrected chi connectivity index (χ0v) is 10.7. The van der Waals surface area contributed by atoms with Crippen LogP contribution in [0.4, 0.5) is 5.69 Å². The van der Waals surface area contributed by atoms with Gasteiger partial charge in [-0.1, -0.05) is 29.8 Å². The number of benzene rings is 1. The van der Waals surface area contributed by atoms with Crippen molar-refractivity contribution < 1.29 is 4.79 Å². The quantitative estimate of drug-likeness (QED) is 0.873. The summed E-state index contributed by atoms with van der Waals surface area (Å²) in [6.07, 6.45) is 0.351. The Bertz CT molecular complexity index is 632. The van der Waals surface area contributed by atoms with E-state index in [2.05, 4.69) is 16.4 Å². The van der Waals surface area contributed by atoms with Crippen LogP contribution in [0.5, 0.6) is 0 Å². The Hall–Kier alpha value is -2.38. The zero-order valence-electron chi connectivity index (χ0n) is 9.93. The Morgan fingerprint density at radius 2 is 2.00 bits per heavy atom. The molecule has 0 radical (unpaired) electrons. The van der Waals surface area contributed by atoms with Gasteiger partial charge in [0.25, 0.3) is 5.91 Å². The summed E-state index contributed by atoms with van der Waals surface area (Å²) in [7, 11) is 0. The Labute approximate surface area is 115 Å². The van der Waals surface area contributed by atoms with Gasteiger partial charge in [0.1, 0.15) is 10.8 Å². The summed E-state index contributed by atoms with van der Waals surface area (Å²) in [6.45, 7) is 0. The van der Waals surface area contributed by atoms with Gasteiger partial charge in [-0.3, -0.25) is 4.79 Å². The summed E-state index contributed by atoms with van der Waals surface area (Å²) < 4.78 is 0. The van der Waals surface area contributed by atoms with Crippen LogP contribution >= 0.6 is 11.6 Å². The minimum Gasteiger partial charge on any atom is -0.321 e. The molecule has 2 rings (SSSR count). The fourth-order valence-corrected chi connectivity index (χ4v) is 1.69. The molecule has 0 aliphatic rings. The number of hydrogen-bond acceptors (Lipinski definition) is 3. The maximum atomic E-state index is 11.9. The first-order chi connectivity index (χ1) is 9.19. The lowest BCUT2D eigenvalue weighted by Gasteiger charge is -2.05. The Kier molecular flexibility index (Phi) is 4.11. The number of nitrogens with one attached hydrogen (secondary N) is 1. The molecule has 1 amide bonds. The third kappa shape index (κ3) is 3.54. The largest absolute Gasteiger partial charge is 0.321 e. The van der Waals surface area contributed by atoms with E-state index in [-0.39, 0.29) is 16.8 Å². The van der Waals surface area contributed by atoms with Crippen molar-refractivity contribution in [3.8, 4) is 6.07 Å². The maximum absolute atomic E-state index is 11.9. The predicted octanol–water partition coefficient (Wildman–Crippen LogP) is 3.05. The number of amides is 1. The zero-order chi connectivity index (χ0) is 13.7. The number of carbonyl (C=O) groups excluding carboxylic acids is 1. The molecule has 5 heteroatoms. The van der Waals surface area contributed by atoms with Crippen LogP contribution in [0.2, 0.25) is 5.15 Å². The normalized spacial score (nSPS) is 9.68. The second-order valence-corrected chi connectivity index (χ2v) is 4.22. The second kappa shape index (κ2) is 5.98. The van der Waals surface area contributed by atoms with E-state index in [9.17, 15) is 4.79 Å². The average molecular weight is 272 g/mol. The number of halogens is 1. The van der Waals surface area contributed by atoms with E-state index in [0.717, 1.165) is 5.56 Å². The molecule has 94 valence electrons. The van der Waals surface area contributed by atoms with E-state index in [1.165, 1.54) is 0 Å². The van der Waals surface area contributed by atoms with E-state index in [1.54, 1.807) is 42.5 Å². The van der Waals surface area contributed by atoms with Crippen LogP contribution in [-0.4, -0.2) is 10.9 Å². The van der Waals surface area contributed by atoms with Gasteiger partial charge < -0.3 is 5.32 Å². The van der Waals surface area contributed by atoms with Gasteiger partial charge in [0.15, 0.2) is 0 Å². The minimum atomic E-state index is -0.324. The summed E-state index contributed by atoms with van der Waals surface area (Å²) in [5.74, 6) is -0.324. The van der Waals surface area contributed by atoms with Crippen molar-refractivity contribution in [2.24, 2.45) is 0 Å². The first-order valence-electron chi connectivity index (χ1n) is 5.59. The Morgan fingerprint density at radius 1 is 1.26 bits per heavy atom. The second-order valence-electron chi connectivity index (χ2n) is 3.83. The van der Waals surface area contributed by atoms with Crippen LogP contribution in [0, 0.1) is 11.3 Å². The first kappa shape index (κ1) is 13.1. The number of hydrogen-bond donors (Lipinski definition) is 1. The highest BCUT2D eigenvalue weighted by atomic mass is 35.5. The van der Waals surface area contributed by atoms with Crippen LogP contribution in [0.25, 0.3) is 0 Å². The van der Waals surface area contributed by atoms with Gasteiger partial charge in [0.05, 0.1) is 12.5 Å². The first-order valence-corrected chi connectivity index (χ1v) is 5.96. The summed E-state index contributed by atoms with van der Waals surface area (Å²) in [6, 6.07) is 14.0. The molecule has 1 heterocycles. The molecule has 0 bridgehead atoms. The molecule has 0 spiro atoms. The highest BCUT2D eigenvalue weighted by molar-refractivity contribution is 6.29. The molecule has 1 aromatic carbocycles. The molecule has 0 saturated carbocycles. The lowest BCUT2D eigenvalue weighted by molar-refractivity contribution is 0.102. The molecule has 0 unspecified atom stereocenters. The van der Waals surface area contributed by atoms with Crippen LogP contribution in [0.3, 0.4) is 0 Å². The van der Waals surface area contributed by atoms with E-state index in [4.69, 9.17) is 16.9 Å². The third-order valence-electron chi connectivity index (χ3n) is 2.44. The molecule has 0 fully saturated rings. The summed E-state index contributed by atoms with van der Waals surface area (Å²) in [4.78, 5) is 15.8. The van der Waals surface area contributed by atoms with Crippen molar-refractivity contribution >= 4 is 23.2 Å². The van der Waals surface area contributed by atoms with Crippen molar-refractivity contribution in [3.05, 3.63) is 58.9 Å². The van der Waals surface area contributed by atoms with Crippen LogP contribution < -0.4 is 5.32 Å². The fraction of sp³-hybridized carbons (Fsp3) is 0.0714. The van der Waals surface area contributed by atoms with Crippen LogP contribution in [-0.2, 0) is 6.42 Å². The van der Waals surface area contributed by atoms with Gasteiger partial charge in [-0.05, 0) is 29.8 Å². The molecule has 2 aromatic rings. The van der Waals surface area contributed by atoms with Gasteiger partial charge in [0, 0.05) is 5.69 Å². The van der Waals surface area contributed by atoms with Gasteiger partial charge in [-0.2, -0.15) is 5.26 Å². The van der Waals surface area contributed by atoms with Gasteiger partial charge >= 0.3 is 0 Å². The molecule has 0 saturated heterocycles. The Morgan fingerprint density at radius 3 is 2.63 bits per heavy atom. The highest BCUT2D eigenvalue weighted by Crippen LogP contribution is 2.12. The van der Waals surface area contributed by atoms with E-state index >= 15 is 0 Å². The summed E-state index contributed by atoms with van der Waals surface area (Å²) in [5.41, 5.74) is 1.81. The van der Waals surface area contributed by atoms with Crippen molar-refractivity contribution in [1.29, 1.82) is 5.26 Å². The molecule has 1 aromatic heterocycles. The van der Waals surface area contributed by atoms with Crippen molar-refractivity contribution in [2.45, 2.75) is 6.42 Å². The van der Waals surface area contributed by atoms with Gasteiger partial charge in [0.2, 0.25) is 0 Å². The molecular weight excluding hydrogens is 262 g/mol. The number of carbonyl (C=O) groups is 1. The average Bonchev–Trinajstić information content (AvgIpc) is 2.41. The van der Waals surface area contributed by atoms with Gasteiger partial charge in [-0.25, -0.2) is 4.98 Å². The lowest BCUT2D eigenvalue weighted by Crippen LogP contribution is -2.13. The minimum absolute atomic E-state index is 0.258. The van der Waals surface area contributed by atoms with Crippen LogP contribution in [0.1, 0.15) is 16.1 Å². The highest BCUT2D eigenvalue weighted by Gasteiger charge is 2.07. The monoisotopic (exact) mass is 271 g/mol. The number of pyridine rings is 1. The van der Waals surface area contributed by atoms with E-state index in [1.807, 2.05) is 0 Å². The smallest absolute Gasteiger partial charge is 0.274 e. The number of anilines is 1. The van der Waals surface area contributed by atoms with Crippen LogP contribution in [0.15, 0.2) is 42.5 Å². The topological polar surface area (TPSA) is 65.8 Å². The number of nitriles is 1. The standard InChI is InChI=1S/C14H10ClN3O/c15-13-3-1-2-12(18-13)14(19)17-11-6-4-10(5-7-11)8-9-16/h1-7H,8H2,(H,17,19). The lowest BCUT2D eigenvalue weighted by atomic mass is 10.1. The molecule has 19 heavy (non-hydrogen) atoms. The van der Waals surface area contributed by atoms with Gasteiger partial charge in [-0.15, -0.1) is 0 Å². The summed E-state index contributed by atoms with van der Waals surface area (Å²) >= 11 is 5.73. The molecule has 1 N–H and O–H groups in total. The van der Waals surface area contributed by atoms with E-state index in [0.29, 0.717) is 12.1 Å². The van der Waals surface area contributed by atoms with Crippen molar-refractivity contribution in [3.63, 3.8) is 0 Å².